The van der Waals surface area contributed by atoms with Crippen molar-refractivity contribution in [1.29, 1.82) is 0 Å². The van der Waals surface area contributed by atoms with E-state index >= 15 is 0 Å². The lowest BCUT2D eigenvalue weighted by atomic mass is 10.0. The molecule has 3 atom stereocenters. The molecule has 0 saturated heterocycles. The molecule has 310 valence electrons. The Morgan fingerprint density at radius 3 is 1.44 bits per heavy atom. The summed E-state index contributed by atoms with van der Waals surface area (Å²) >= 11 is 0. The van der Waals surface area contributed by atoms with Gasteiger partial charge in [-0.1, -0.05) is 193 Å². The molecule has 2 N–H and O–H groups in total. The number of rotatable bonds is 40. The van der Waals surface area contributed by atoms with Gasteiger partial charge in [-0.05, 0) is 19.3 Å². The predicted octanol–water partition coefficient (Wildman–Crippen LogP) is 11.3. The molecule has 0 aromatic heterocycles. The summed E-state index contributed by atoms with van der Waals surface area (Å²) in [5.74, 6) is -0.200. The summed E-state index contributed by atoms with van der Waals surface area (Å²) in [5.41, 5.74) is 0. The van der Waals surface area contributed by atoms with Crippen LogP contribution in [0.4, 0.5) is 0 Å². The van der Waals surface area contributed by atoms with Crippen molar-refractivity contribution in [3.05, 3.63) is 12.2 Å². The summed E-state index contributed by atoms with van der Waals surface area (Å²) in [7, 11) is 1.26. The second kappa shape index (κ2) is 35.9. The van der Waals surface area contributed by atoms with Crippen molar-refractivity contribution in [1.82, 2.24) is 5.32 Å². The smallest absolute Gasteiger partial charge is 0.268 e. The third-order valence-corrected chi connectivity index (χ3v) is 11.0. The highest BCUT2D eigenvalue weighted by Gasteiger charge is 2.23. The van der Waals surface area contributed by atoms with Crippen molar-refractivity contribution in [2.75, 3.05) is 40.9 Å². The Morgan fingerprint density at radius 1 is 0.654 bits per heavy atom. The number of likely N-dealkylation sites (N-methyl/N-ethyl adjacent to an activating group) is 1. The number of phosphoric ester groups is 1. The van der Waals surface area contributed by atoms with Gasteiger partial charge in [0.1, 0.15) is 13.2 Å². The van der Waals surface area contributed by atoms with Crippen molar-refractivity contribution >= 4 is 13.7 Å². The number of unbranched alkanes of at least 4 members (excludes halogenated alkanes) is 27. The highest BCUT2D eigenvalue weighted by atomic mass is 31.2. The maximum absolute atomic E-state index is 12.8. The van der Waals surface area contributed by atoms with Crippen molar-refractivity contribution in [2.24, 2.45) is 0 Å². The van der Waals surface area contributed by atoms with Gasteiger partial charge in [0.2, 0.25) is 5.91 Å². The molecule has 52 heavy (non-hydrogen) atoms. The van der Waals surface area contributed by atoms with E-state index < -0.39 is 20.0 Å². The van der Waals surface area contributed by atoms with Gasteiger partial charge in [0, 0.05) is 6.42 Å². The van der Waals surface area contributed by atoms with Crippen molar-refractivity contribution in [3.63, 3.8) is 0 Å². The van der Waals surface area contributed by atoms with Crippen LogP contribution in [0.3, 0.4) is 0 Å². The Morgan fingerprint density at radius 2 is 1.04 bits per heavy atom. The number of aliphatic hydroxyl groups is 1. The van der Waals surface area contributed by atoms with Gasteiger partial charge in [-0.15, -0.1) is 0 Å². The van der Waals surface area contributed by atoms with Crippen LogP contribution >= 0.6 is 7.82 Å². The zero-order valence-electron chi connectivity index (χ0n) is 35.0. The first-order chi connectivity index (χ1) is 25.0. The lowest BCUT2D eigenvalue weighted by Gasteiger charge is -2.29. The number of hydrogen-bond acceptors (Lipinski definition) is 6. The number of quaternary nitrogens is 1. The van der Waals surface area contributed by atoms with Gasteiger partial charge in [0.05, 0.1) is 39.9 Å². The molecule has 0 fully saturated rings. The van der Waals surface area contributed by atoms with Gasteiger partial charge in [0.15, 0.2) is 0 Å². The third-order valence-electron chi connectivity index (χ3n) is 10.00. The molecule has 9 heteroatoms. The molecular formula is C43H87N2O6P. The number of hydrogen-bond donors (Lipinski definition) is 2. The van der Waals surface area contributed by atoms with E-state index in [1.165, 1.54) is 141 Å². The van der Waals surface area contributed by atoms with Crippen molar-refractivity contribution < 1.29 is 32.9 Å². The monoisotopic (exact) mass is 759 g/mol. The molecule has 0 aromatic rings. The van der Waals surface area contributed by atoms with E-state index in [1.807, 2.05) is 27.2 Å². The Labute approximate surface area is 322 Å². The van der Waals surface area contributed by atoms with Crippen LogP contribution in [0.2, 0.25) is 0 Å². The maximum atomic E-state index is 12.8. The molecular weight excluding hydrogens is 671 g/mol. The van der Waals surface area contributed by atoms with Crippen LogP contribution in [0.15, 0.2) is 12.2 Å². The minimum atomic E-state index is -4.57. The van der Waals surface area contributed by atoms with E-state index in [0.29, 0.717) is 17.4 Å². The van der Waals surface area contributed by atoms with Crippen molar-refractivity contribution in [2.45, 2.75) is 219 Å². The molecule has 0 aliphatic heterocycles. The zero-order chi connectivity index (χ0) is 38.6. The first-order valence-electron chi connectivity index (χ1n) is 22.1. The van der Waals surface area contributed by atoms with Crippen LogP contribution in [0.5, 0.6) is 0 Å². The fraction of sp³-hybridized carbons (Fsp3) is 0.930. The summed E-state index contributed by atoms with van der Waals surface area (Å²) in [4.78, 5) is 25.1. The minimum absolute atomic E-state index is 0.00108. The first kappa shape index (κ1) is 51.2. The summed E-state index contributed by atoms with van der Waals surface area (Å²) in [6.07, 6.45) is 40.2. The summed E-state index contributed by atoms with van der Waals surface area (Å²) in [6.45, 7) is 4.57. The number of carbonyl (C=O) groups is 1. The Kier molecular flexibility index (Phi) is 35.4. The molecule has 1 amide bonds. The lowest BCUT2D eigenvalue weighted by molar-refractivity contribution is -0.870. The second-order valence-corrected chi connectivity index (χ2v) is 17.8. The topological polar surface area (TPSA) is 108 Å². The summed E-state index contributed by atoms with van der Waals surface area (Å²) in [5, 5.41) is 13.6. The maximum Gasteiger partial charge on any atom is 0.268 e. The highest BCUT2D eigenvalue weighted by molar-refractivity contribution is 7.45. The predicted molar refractivity (Wildman–Crippen MR) is 219 cm³/mol. The molecule has 3 unspecified atom stereocenters. The largest absolute Gasteiger partial charge is 0.756 e. The van der Waals surface area contributed by atoms with Gasteiger partial charge in [-0.2, -0.15) is 0 Å². The molecule has 0 radical (unpaired) electrons. The zero-order valence-corrected chi connectivity index (χ0v) is 35.9. The molecule has 0 heterocycles. The molecule has 0 saturated carbocycles. The standard InChI is InChI=1S/C43H87N2O6P/c1-6-8-10-12-14-15-16-17-18-19-20-21-22-23-24-25-26-27-28-29-30-31-33-35-37-43(47)44-41(42(46)36-34-32-13-11-9-7-2)40-51-52(48,49)50-39-38-45(3,4)5/h34,36,41-42,46H,6-33,35,37-40H2,1-5H3,(H-,44,47,48,49)/b36-34+. The third kappa shape index (κ3) is 37.6. The molecule has 0 rings (SSSR count). The second-order valence-electron chi connectivity index (χ2n) is 16.4. The number of aliphatic hydroxyl groups excluding tert-OH is 1. The number of carbonyl (C=O) groups excluding carboxylic acids is 1. The average molecular weight is 759 g/mol. The fourth-order valence-electron chi connectivity index (χ4n) is 6.45. The van der Waals surface area contributed by atoms with Crippen LogP contribution < -0.4 is 10.2 Å². The lowest BCUT2D eigenvalue weighted by Crippen LogP contribution is -2.45. The van der Waals surface area contributed by atoms with Gasteiger partial charge in [-0.25, -0.2) is 0 Å². The van der Waals surface area contributed by atoms with Gasteiger partial charge >= 0.3 is 0 Å². The van der Waals surface area contributed by atoms with Crippen LogP contribution in [0, 0.1) is 0 Å². The highest BCUT2D eigenvalue weighted by Crippen LogP contribution is 2.38. The van der Waals surface area contributed by atoms with Gasteiger partial charge in [-0.3, -0.25) is 9.36 Å². The fourth-order valence-corrected chi connectivity index (χ4v) is 7.17. The Bertz CT molecular complexity index is 865. The molecule has 0 aromatic carbocycles. The first-order valence-corrected chi connectivity index (χ1v) is 23.5. The van der Waals surface area contributed by atoms with Crippen LogP contribution in [0.25, 0.3) is 0 Å². The van der Waals surface area contributed by atoms with E-state index in [2.05, 4.69) is 19.2 Å². The minimum Gasteiger partial charge on any atom is -0.756 e. The quantitative estimate of drug-likeness (QED) is 0.0279. The molecule has 0 bridgehead atoms. The van der Waals surface area contributed by atoms with Crippen LogP contribution in [-0.4, -0.2) is 68.5 Å². The van der Waals surface area contributed by atoms with Gasteiger partial charge in [0.25, 0.3) is 7.82 Å². The van der Waals surface area contributed by atoms with Gasteiger partial charge < -0.3 is 28.8 Å². The van der Waals surface area contributed by atoms with E-state index in [0.717, 1.165) is 44.9 Å². The van der Waals surface area contributed by atoms with E-state index in [-0.39, 0.29) is 19.1 Å². The summed E-state index contributed by atoms with van der Waals surface area (Å²) in [6, 6.07) is -0.877. The summed E-state index contributed by atoms with van der Waals surface area (Å²) < 4.78 is 23.0. The number of nitrogens with one attached hydrogen (secondary N) is 1. The van der Waals surface area contributed by atoms with E-state index in [9.17, 15) is 19.4 Å². The Hall–Kier alpha value is -0.760. The van der Waals surface area contributed by atoms with Crippen LogP contribution in [0.1, 0.15) is 206 Å². The number of allylic oxidation sites excluding steroid dienone is 1. The van der Waals surface area contributed by atoms with Crippen LogP contribution in [-0.2, 0) is 18.4 Å². The number of amides is 1. The molecule has 0 aliphatic rings. The number of nitrogens with zero attached hydrogens (tertiary/aromatic N) is 1. The number of phosphoric acid groups is 1. The van der Waals surface area contributed by atoms with E-state index in [4.69, 9.17) is 9.05 Å². The molecule has 8 nitrogen and oxygen atoms in total. The van der Waals surface area contributed by atoms with Crippen molar-refractivity contribution in [3.8, 4) is 0 Å². The molecule has 0 aliphatic carbocycles. The van der Waals surface area contributed by atoms with E-state index in [1.54, 1.807) is 6.08 Å². The average Bonchev–Trinajstić information content (AvgIpc) is 3.09. The normalized spacial score (nSPS) is 14.5. The Balaban J connectivity index is 4.01. The molecule has 0 spiro atoms. The SMILES string of the molecule is CCCCCC/C=C/C(O)C(COP(=O)([O-])OCC[N+](C)(C)C)NC(=O)CCCCCCCCCCCCCCCCCCCCCCCCCC.